The lowest BCUT2D eigenvalue weighted by Crippen LogP contribution is -2.37. The molecule has 0 bridgehead atoms. The van der Waals surface area contributed by atoms with Gasteiger partial charge in [-0.3, -0.25) is 14.5 Å². The number of carbonyl (C=O) groups excluding carboxylic acids is 2. The molecule has 2 rings (SSSR count). The third kappa shape index (κ3) is 3.31. The van der Waals surface area contributed by atoms with Gasteiger partial charge in [0.1, 0.15) is 0 Å². The SMILES string of the molecule is CNc1ccc(/C=C/C(=O)N2CCC=CC2=O)cc1. The minimum atomic E-state index is -0.271. The van der Waals surface area contributed by atoms with Crippen molar-refractivity contribution in [2.75, 3.05) is 18.9 Å². The van der Waals surface area contributed by atoms with Crippen LogP contribution in [0.1, 0.15) is 12.0 Å². The zero-order valence-electron chi connectivity index (χ0n) is 10.8. The summed E-state index contributed by atoms with van der Waals surface area (Å²) in [5.41, 5.74) is 1.94. The van der Waals surface area contributed by atoms with Crippen LogP contribution >= 0.6 is 0 Å². The molecule has 4 heteroatoms. The molecule has 19 heavy (non-hydrogen) atoms. The minimum absolute atomic E-state index is 0.244. The Morgan fingerprint density at radius 3 is 2.68 bits per heavy atom. The summed E-state index contributed by atoms with van der Waals surface area (Å²) in [6, 6.07) is 7.68. The van der Waals surface area contributed by atoms with Gasteiger partial charge < -0.3 is 5.32 Å². The van der Waals surface area contributed by atoms with Gasteiger partial charge in [0.15, 0.2) is 0 Å². The Morgan fingerprint density at radius 1 is 1.32 bits per heavy atom. The summed E-state index contributed by atoms with van der Waals surface area (Å²) in [6.07, 6.45) is 7.10. The number of rotatable bonds is 3. The van der Waals surface area contributed by atoms with Crippen LogP contribution in [0.3, 0.4) is 0 Å². The molecule has 1 aromatic carbocycles. The standard InChI is InChI=1S/C15H16N2O2/c1-16-13-8-5-12(6-9-13)7-10-15(19)17-11-3-2-4-14(17)18/h2,4-10,16H,3,11H2,1H3/b10-7+. The molecule has 0 spiro atoms. The van der Waals surface area contributed by atoms with E-state index >= 15 is 0 Å². The van der Waals surface area contributed by atoms with Gasteiger partial charge in [-0.15, -0.1) is 0 Å². The fraction of sp³-hybridized carbons (Fsp3) is 0.200. The molecule has 0 fully saturated rings. The third-order valence-electron chi connectivity index (χ3n) is 2.93. The third-order valence-corrected chi connectivity index (χ3v) is 2.93. The van der Waals surface area contributed by atoms with Crippen LogP contribution in [0.2, 0.25) is 0 Å². The molecule has 0 saturated carbocycles. The fourth-order valence-electron chi connectivity index (χ4n) is 1.83. The second-order valence-corrected chi connectivity index (χ2v) is 4.22. The van der Waals surface area contributed by atoms with E-state index < -0.39 is 0 Å². The zero-order chi connectivity index (χ0) is 13.7. The van der Waals surface area contributed by atoms with Gasteiger partial charge in [0.2, 0.25) is 0 Å². The molecule has 0 aliphatic carbocycles. The summed E-state index contributed by atoms with van der Waals surface area (Å²) in [7, 11) is 1.85. The Kier molecular flexibility index (Phi) is 4.13. The highest BCUT2D eigenvalue weighted by atomic mass is 16.2. The van der Waals surface area contributed by atoms with Crippen molar-refractivity contribution in [3.63, 3.8) is 0 Å². The maximum Gasteiger partial charge on any atom is 0.253 e. The molecule has 1 heterocycles. The Bertz CT molecular complexity index is 530. The van der Waals surface area contributed by atoms with Crippen LogP contribution in [-0.2, 0) is 9.59 Å². The van der Waals surface area contributed by atoms with Crippen molar-refractivity contribution in [1.29, 1.82) is 0 Å². The lowest BCUT2D eigenvalue weighted by Gasteiger charge is -2.19. The number of hydrogen-bond donors (Lipinski definition) is 1. The average molecular weight is 256 g/mol. The topological polar surface area (TPSA) is 49.4 Å². The van der Waals surface area contributed by atoms with Crippen molar-refractivity contribution in [3.05, 3.63) is 48.1 Å². The van der Waals surface area contributed by atoms with E-state index in [1.165, 1.54) is 17.1 Å². The summed E-state index contributed by atoms with van der Waals surface area (Å²) in [5, 5.41) is 3.03. The molecule has 1 N–H and O–H groups in total. The Morgan fingerprint density at radius 2 is 2.05 bits per heavy atom. The van der Waals surface area contributed by atoms with E-state index in [1.807, 2.05) is 31.3 Å². The smallest absolute Gasteiger partial charge is 0.253 e. The monoisotopic (exact) mass is 256 g/mol. The molecule has 0 unspecified atom stereocenters. The van der Waals surface area contributed by atoms with Crippen molar-refractivity contribution in [1.82, 2.24) is 4.90 Å². The van der Waals surface area contributed by atoms with E-state index in [0.29, 0.717) is 6.54 Å². The van der Waals surface area contributed by atoms with E-state index in [-0.39, 0.29) is 11.8 Å². The van der Waals surface area contributed by atoms with Gasteiger partial charge in [-0.25, -0.2) is 0 Å². The van der Waals surface area contributed by atoms with Crippen LogP contribution in [0.15, 0.2) is 42.5 Å². The highest BCUT2D eigenvalue weighted by molar-refractivity contribution is 6.06. The molecule has 0 saturated heterocycles. The summed E-state index contributed by atoms with van der Waals surface area (Å²) in [4.78, 5) is 24.6. The van der Waals surface area contributed by atoms with Crippen LogP contribution in [0.4, 0.5) is 5.69 Å². The van der Waals surface area contributed by atoms with Crippen LogP contribution in [0, 0.1) is 0 Å². The number of amides is 2. The first kappa shape index (κ1) is 13.1. The van der Waals surface area contributed by atoms with Gasteiger partial charge in [0.25, 0.3) is 11.8 Å². The van der Waals surface area contributed by atoms with E-state index in [4.69, 9.17) is 0 Å². The van der Waals surface area contributed by atoms with Crippen molar-refractivity contribution in [2.24, 2.45) is 0 Å². The summed E-state index contributed by atoms with van der Waals surface area (Å²) >= 11 is 0. The first-order chi connectivity index (χ1) is 9.20. The van der Waals surface area contributed by atoms with Gasteiger partial charge in [-0.05, 0) is 36.3 Å². The maximum atomic E-state index is 11.9. The molecule has 0 aromatic heterocycles. The molecule has 1 aliphatic rings. The number of anilines is 1. The summed E-state index contributed by atoms with van der Waals surface area (Å²) in [6.45, 7) is 0.456. The highest BCUT2D eigenvalue weighted by Crippen LogP contribution is 2.10. The molecule has 1 aliphatic heterocycles. The van der Waals surface area contributed by atoms with Gasteiger partial charge in [-0.2, -0.15) is 0 Å². The number of nitrogens with one attached hydrogen (secondary N) is 1. The van der Waals surface area contributed by atoms with Gasteiger partial charge in [-0.1, -0.05) is 18.2 Å². The average Bonchev–Trinajstić information content (AvgIpc) is 2.46. The molecule has 1 aromatic rings. The molecule has 2 amide bonds. The van der Waals surface area contributed by atoms with Crippen LogP contribution in [-0.4, -0.2) is 30.3 Å². The number of hydrogen-bond acceptors (Lipinski definition) is 3. The fourth-order valence-corrected chi connectivity index (χ4v) is 1.83. The van der Waals surface area contributed by atoms with Crippen LogP contribution in [0.25, 0.3) is 6.08 Å². The van der Waals surface area contributed by atoms with E-state index in [2.05, 4.69) is 5.32 Å². The van der Waals surface area contributed by atoms with E-state index in [9.17, 15) is 9.59 Å². The van der Waals surface area contributed by atoms with Gasteiger partial charge in [0, 0.05) is 25.4 Å². The summed E-state index contributed by atoms with van der Waals surface area (Å²) < 4.78 is 0. The van der Waals surface area contributed by atoms with Crippen molar-refractivity contribution < 1.29 is 9.59 Å². The van der Waals surface area contributed by atoms with Crippen molar-refractivity contribution in [2.45, 2.75) is 6.42 Å². The molecular weight excluding hydrogens is 240 g/mol. The predicted octanol–water partition coefficient (Wildman–Crippen LogP) is 2.06. The quantitative estimate of drug-likeness (QED) is 0.842. The molecule has 4 nitrogen and oxygen atoms in total. The van der Waals surface area contributed by atoms with E-state index in [1.54, 1.807) is 12.2 Å². The minimum Gasteiger partial charge on any atom is -0.388 e. The number of carbonyl (C=O) groups is 2. The lowest BCUT2D eigenvalue weighted by molar-refractivity contribution is -0.139. The predicted molar refractivity (Wildman–Crippen MR) is 75.5 cm³/mol. The normalized spacial score (nSPS) is 15.0. The Labute approximate surface area is 112 Å². The Hall–Kier alpha value is -2.36. The molecule has 0 radical (unpaired) electrons. The molecular formula is C15H16N2O2. The van der Waals surface area contributed by atoms with Crippen molar-refractivity contribution >= 4 is 23.6 Å². The highest BCUT2D eigenvalue weighted by Gasteiger charge is 2.18. The van der Waals surface area contributed by atoms with Crippen LogP contribution < -0.4 is 5.32 Å². The number of nitrogens with zero attached hydrogens (tertiary/aromatic N) is 1. The first-order valence-corrected chi connectivity index (χ1v) is 6.18. The Balaban J connectivity index is 2.03. The molecule has 98 valence electrons. The van der Waals surface area contributed by atoms with Gasteiger partial charge in [0.05, 0.1) is 0 Å². The zero-order valence-corrected chi connectivity index (χ0v) is 10.8. The van der Waals surface area contributed by atoms with Crippen molar-refractivity contribution in [3.8, 4) is 0 Å². The number of benzene rings is 1. The second kappa shape index (κ2) is 6.00. The lowest BCUT2D eigenvalue weighted by atomic mass is 10.2. The van der Waals surface area contributed by atoms with Gasteiger partial charge >= 0.3 is 0 Å². The second-order valence-electron chi connectivity index (χ2n) is 4.22. The van der Waals surface area contributed by atoms with Crippen LogP contribution in [0.5, 0.6) is 0 Å². The largest absolute Gasteiger partial charge is 0.388 e. The van der Waals surface area contributed by atoms with E-state index in [0.717, 1.165) is 17.7 Å². The summed E-state index contributed by atoms with van der Waals surface area (Å²) in [5.74, 6) is -0.515. The maximum absolute atomic E-state index is 11.9. The number of imide groups is 1. The molecule has 0 atom stereocenters. The first-order valence-electron chi connectivity index (χ1n) is 6.18.